The Balaban J connectivity index is 2.16. The number of anilines is 1. The molecule has 0 radical (unpaired) electrons. The van der Waals surface area contributed by atoms with E-state index in [0.717, 1.165) is 11.6 Å². The maximum absolute atomic E-state index is 12.6. The van der Waals surface area contributed by atoms with Gasteiger partial charge in [-0.25, -0.2) is 0 Å². The number of halogens is 1. The van der Waals surface area contributed by atoms with Crippen molar-refractivity contribution in [1.29, 1.82) is 0 Å². The van der Waals surface area contributed by atoms with Crippen molar-refractivity contribution in [2.45, 2.75) is 26.8 Å². The fourth-order valence-corrected chi connectivity index (χ4v) is 2.60. The highest BCUT2D eigenvalue weighted by Gasteiger charge is 2.26. The van der Waals surface area contributed by atoms with E-state index in [4.69, 9.17) is 11.6 Å². The Hall–Kier alpha value is -2.93. The highest BCUT2D eigenvalue weighted by Crippen LogP contribution is 2.25. The average molecular weight is 390 g/mol. The molecule has 0 bridgehead atoms. The fraction of sp³-hybridized carbons (Fsp3) is 0.263. The van der Waals surface area contributed by atoms with Crippen molar-refractivity contribution in [3.63, 3.8) is 0 Å². The van der Waals surface area contributed by atoms with Crippen LogP contribution in [0.2, 0.25) is 5.02 Å². The maximum Gasteiger partial charge on any atom is 0.288 e. The molecule has 2 N–H and O–H groups in total. The van der Waals surface area contributed by atoms with Gasteiger partial charge in [-0.2, -0.15) is 0 Å². The number of aryl methyl sites for hydroxylation is 1. The van der Waals surface area contributed by atoms with Gasteiger partial charge >= 0.3 is 0 Å². The Bertz CT molecular complexity index is 866. The van der Waals surface area contributed by atoms with Crippen molar-refractivity contribution in [1.82, 2.24) is 5.32 Å². The molecular formula is C19H20ClN3O4. The standard InChI is InChI=1S/C19H20ClN3O4/c1-11(2)17(19(25)21-14-7-4-12(3)5-8-14)22-18(24)13-6-9-15(20)16(10-13)23(26)27/h4-11,17H,1-3H3,(H,21,25)(H,22,24). The van der Waals surface area contributed by atoms with Crippen LogP contribution in [0.4, 0.5) is 11.4 Å². The third-order valence-corrected chi connectivity index (χ3v) is 4.28. The summed E-state index contributed by atoms with van der Waals surface area (Å²) in [5.74, 6) is -1.15. The van der Waals surface area contributed by atoms with Crippen molar-refractivity contribution in [3.05, 3.63) is 68.7 Å². The van der Waals surface area contributed by atoms with Gasteiger partial charge in [0.15, 0.2) is 0 Å². The number of nitrogens with zero attached hydrogens (tertiary/aromatic N) is 1. The zero-order chi connectivity index (χ0) is 20.1. The number of benzene rings is 2. The minimum Gasteiger partial charge on any atom is -0.340 e. The zero-order valence-electron chi connectivity index (χ0n) is 15.2. The Morgan fingerprint density at radius 1 is 1.11 bits per heavy atom. The van der Waals surface area contributed by atoms with Crippen molar-refractivity contribution in [2.75, 3.05) is 5.32 Å². The van der Waals surface area contributed by atoms with Crippen LogP contribution >= 0.6 is 11.6 Å². The van der Waals surface area contributed by atoms with E-state index in [2.05, 4.69) is 10.6 Å². The van der Waals surface area contributed by atoms with Crippen LogP contribution in [0.5, 0.6) is 0 Å². The van der Waals surface area contributed by atoms with E-state index in [-0.39, 0.29) is 28.1 Å². The first-order chi connectivity index (χ1) is 12.7. The Kier molecular flexibility index (Phi) is 6.52. The number of rotatable bonds is 6. The van der Waals surface area contributed by atoms with Gasteiger partial charge in [0.05, 0.1) is 4.92 Å². The molecule has 1 atom stereocenters. The molecule has 0 aromatic heterocycles. The van der Waals surface area contributed by atoms with Crippen LogP contribution in [0.3, 0.4) is 0 Å². The second kappa shape index (κ2) is 8.64. The molecule has 0 saturated heterocycles. The molecule has 8 heteroatoms. The van der Waals surface area contributed by atoms with Gasteiger partial charge in [-0.1, -0.05) is 43.1 Å². The van der Waals surface area contributed by atoms with Crippen LogP contribution in [0.1, 0.15) is 29.8 Å². The van der Waals surface area contributed by atoms with Crippen molar-refractivity contribution in [2.24, 2.45) is 5.92 Å². The van der Waals surface area contributed by atoms with Gasteiger partial charge in [0.2, 0.25) is 5.91 Å². The van der Waals surface area contributed by atoms with Crippen LogP contribution in [-0.2, 0) is 4.79 Å². The molecule has 2 amide bonds. The van der Waals surface area contributed by atoms with Gasteiger partial charge in [0, 0.05) is 17.3 Å². The van der Waals surface area contributed by atoms with E-state index < -0.39 is 16.9 Å². The molecule has 2 aromatic rings. The highest BCUT2D eigenvalue weighted by atomic mass is 35.5. The summed E-state index contributed by atoms with van der Waals surface area (Å²) in [6, 6.07) is 10.2. The predicted molar refractivity (Wildman–Crippen MR) is 104 cm³/mol. The van der Waals surface area contributed by atoms with E-state index >= 15 is 0 Å². The summed E-state index contributed by atoms with van der Waals surface area (Å²) in [6.45, 7) is 5.53. The molecule has 2 rings (SSSR count). The summed E-state index contributed by atoms with van der Waals surface area (Å²) in [6.07, 6.45) is 0. The smallest absolute Gasteiger partial charge is 0.288 e. The third kappa shape index (κ3) is 5.27. The number of nitro benzene ring substituents is 1. The van der Waals surface area contributed by atoms with Gasteiger partial charge < -0.3 is 10.6 Å². The van der Waals surface area contributed by atoms with Gasteiger partial charge in [-0.05, 0) is 37.1 Å². The first-order valence-electron chi connectivity index (χ1n) is 8.31. The van der Waals surface area contributed by atoms with E-state index in [1.807, 2.05) is 19.1 Å². The maximum atomic E-state index is 12.6. The fourth-order valence-electron chi connectivity index (χ4n) is 2.41. The predicted octanol–water partition coefficient (Wildman–Crippen LogP) is 3.95. The molecule has 0 fully saturated rings. The molecule has 0 aliphatic carbocycles. The Morgan fingerprint density at radius 3 is 2.30 bits per heavy atom. The summed E-state index contributed by atoms with van der Waals surface area (Å²) < 4.78 is 0. The number of carbonyl (C=O) groups is 2. The summed E-state index contributed by atoms with van der Waals surface area (Å²) in [4.78, 5) is 35.4. The lowest BCUT2D eigenvalue weighted by Gasteiger charge is -2.22. The highest BCUT2D eigenvalue weighted by molar-refractivity contribution is 6.32. The molecule has 0 aliphatic heterocycles. The lowest BCUT2D eigenvalue weighted by atomic mass is 10.0. The summed E-state index contributed by atoms with van der Waals surface area (Å²) in [5, 5.41) is 16.3. The molecule has 7 nitrogen and oxygen atoms in total. The van der Waals surface area contributed by atoms with Crippen molar-refractivity contribution < 1.29 is 14.5 Å². The number of nitrogens with one attached hydrogen (secondary N) is 2. The minimum absolute atomic E-state index is 0.0554. The lowest BCUT2D eigenvalue weighted by Crippen LogP contribution is -2.47. The lowest BCUT2D eigenvalue weighted by molar-refractivity contribution is -0.384. The molecule has 0 spiro atoms. The number of hydrogen-bond donors (Lipinski definition) is 2. The molecule has 2 aromatic carbocycles. The quantitative estimate of drug-likeness (QED) is 0.576. The van der Waals surface area contributed by atoms with E-state index in [1.54, 1.807) is 26.0 Å². The first kappa shape index (κ1) is 20.4. The van der Waals surface area contributed by atoms with Crippen LogP contribution in [0, 0.1) is 23.0 Å². The van der Waals surface area contributed by atoms with Gasteiger partial charge in [-0.15, -0.1) is 0 Å². The van der Waals surface area contributed by atoms with E-state index in [1.165, 1.54) is 12.1 Å². The first-order valence-corrected chi connectivity index (χ1v) is 8.69. The SMILES string of the molecule is Cc1ccc(NC(=O)C(NC(=O)c2ccc(Cl)c([N+](=O)[O-])c2)C(C)C)cc1. The third-order valence-electron chi connectivity index (χ3n) is 3.96. The Labute approximate surface area is 161 Å². The molecule has 27 heavy (non-hydrogen) atoms. The second-order valence-electron chi connectivity index (χ2n) is 6.47. The Morgan fingerprint density at radius 2 is 1.74 bits per heavy atom. The van der Waals surface area contributed by atoms with Crippen LogP contribution in [0.15, 0.2) is 42.5 Å². The average Bonchev–Trinajstić information content (AvgIpc) is 2.61. The molecule has 0 aliphatic rings. The normalized spacial score (nSPS) is 11.7. The number of amides is 2. The molecule has 0 heterocycles. The summed E-state index contributed by atoms with van der Waals surface area (Å²) in [7, 11) is 0. The molecule has 1 unspecified atom stereocenters. The van der Waals surface area contributed by atoms with Crippen molar-refractivity contribution >= 4 is 34.8 Å². The second-order valence-corrected chi connectivity index (χ2v) is 6.88. The number of hydrogen-bond acceptors (Lipinski definition) is 4. The summed E-state index contributed by atoms with van der Waals surface area (Å²) >= 11 is 5.77. The molecular weight excluding hydrogens is 370 g/mol. The zero-order valence-corrected chi connectivity index (χ0v) is 15.9. The van der Waals surface area contributed by atoms with Gasteiger partial charge in [0.1, 0.15) is 11.1 Å². The van der Waals surface area contributed by atoms with Gasteiger partial charge in [-0.3, -0.25) is 19.7 Å². The number of carbonyl (C=O) groups excluding carboxylic acids is 2. The van der Waals surface area contributed by atoms with Crippen LogP contribution < -0.4 is 10.6 Å². The van der Waals surface area contributed by atoms with Crippen molar-refractivity contribution in [3.8, 4) is 0 Å². The van der Waals surface area contributed by atoms with E-state index in [0.29, 0.717) is 5.69 Å². The largest absolute Gasteiger partial charge is 0.340 e. The topological polar surface area (TPSA) is 101 Å². The summed E-state index contributed by atoms with van der Waals surface area (Å²) in [5.41, 5.74) is 1.37. The van der Waals surface area contributed by atoms with Crippen LogP contribution in [-0.4, -0.2) is 22.8 Å². The number of nitro groups is 1. The van der Waals surface area contributed by atoms with Crippen LogP contribution in [0.25, 0.3) is 0 Å². The minimum atomic E-state index is -0.812. The molecule has 0 saturated carbocycles. The van der Waals surface area contributed by atoms with Gasteiger partial charge in [0.25, 0.3) is 11.6 Å². The monoisotopic (exact) mass is 389 g/mol. The molecule has 142 valence electrons. The van der Waals surface area contributed by atoms with E-state index in [9.17, 15) is 19.7 Å².